The molecule has 6 heteroatoms. The van der Waals surface area contributed by atoms with Crippen molar-refractivity contribution in [3.8, 4) is 11.5 Å². The first kappa shape index (κ1) is 21.1. The van der Waals surface area contributed by atoms with Crippen molar-refractivity contribution >= 4 is 16.7 Å². The fourth-order valence-corrected chi connectivity index (χ4v) is 3.75. The third kappa shape index (κ3) is 4.97. The molecule has 0 bridgehead atoms. The molecular formula is C25H27NO5. The molecule has 0 atom stereocenters. The van der Waals surface area contributed by atoms with E-state index in [9.17, 15) is 9.59 Å². The fraction of sp³-hybridized carbons (Fsp3) is 0.360. The summed E-state index contributed by atoms with van der Waals surface area (Å²) in [5.74, 6) is 1.53. The van der Waals surface area contributed by atoms with E-state index in [0.717, 1.165) is 31.6 Å². The molecule has 1 fully saturated rings. The predicted octanol–water partition coefficient (Wildman–Crippen LogP) is 4.42. The van der Waals surface area contributed by atoms with Crippen LogP contribution >= 0.6 is 0 Å². The van der Waals surface area contributed by atoms with Gasteiger partial charge in [0.2, 0.25) is 0 Å². The SMILES string of the molecule is CC(=O)c1cc(OCc2[nH]c3ccccc3c(=O)c2C)cc(OCC2CCOCC2)c1. The molecule has 2 heterocycles. The summed E-state index contributed by atoms with van der Waals surface area (Å²) in [5.41, 5.74) is 2.63. The smallest absolute Gasteiger partial charge is 0.192 e. The number of ketones is 1. The number of carbonyl (C=O) groups is 1. The number of fused-ring (bicyclic) bond motifs is 1. The molecule has 1 aromatic heterocycles. The zero-order valence-corrected chi connectivity index (χ0v) is 17.9. The highest BCUT2D eigenvalue weighted by molar-refractivity contribution is 5.94. The van der Waals surface area contributed by atoms with E-state index in [1.807, 2.05) is 24.3 Å². The van der Waals surface area contributed by atoms with Crippen molar-refractivity contribution < 1.29 is 19.0 Å². The van der Waals surface area contributed by atoms with Crippen LogP contribution < -0.4 is 14.9 Å². The highest BCUT2D eigenvalue weighted by Gasteiger charge is 2.16. The number of benzene rings is 2. The van der Waals surface area contributed by atoms with E-state index in [1.54, 1.807) is 25.1 Å². The maximum atomic E-state index is 12.6. The molecule has 6 nitrogen and oxygen atoms in total. The van der Waals surface area contributed by atoms with Crippen molar-refractivity contribution in [2.75, 3.05) is 19.8 Å². The molecule has 0 unspecified atom stereocenters. The minimum Gasteiger partial charge on any atom is -0.493 e. The fourth-order valence-electron chi connectivity index (χ4n) is 3.75. The van der Waals surface area contributed by atoms with Crippen LogP contribution in [0.3, 0.4) is 0 Å². The largest absolute Gasteiger partial charge is 0.493 e. The average molecular weight is 421 g/mol. The molecule has 3 aromatic rings. The van der Waals surface area contributed by atoms with Gasteiger partial charge in [0.15, 0.2) is 11.2 Å². The number of nitrogens with one attached hydrogen (secondary N) is 1. The van der Waals surface area contributed by atoms with Gasteiger partial charge in [0, 0.05) is 41.3 Å². The van der Waals surface area contributed by atoms with Gasteiger partial charge < -0.3 is 19.2 Å². The molecule has 1 N–H and O–H groups in total. The van der Waals surface area contributed by atoms with Crippen molar-refractivity contribution in [3.63, 3.8) is 0 Å². The maximum absolute atomic E-state index is 12.6. The number of hydrogen-bond acceptors (Lipinski definition) is 5. The van der Waals surface area contributed by atoms with Gasteiger partial charge in [-0.1, -0.05) is 12.1 Å². The zero-order valence-electron chi connectivity index (χ0n) is 17.9. The van der Waals surface area contributed by atoms with Crippen LogP contribution in [0, 0.1) is 12.8 Å². The van der Waals surface area contributed by atoms with Crippen molar-refractivity contribution in [1.29, 1.82) is 0 Å². The van der Waals surface area contributed by atoms with Crippen LogP contribution in [0.5, 0.6) is 11.5 Å². The Kier molecular flexibility index (Phi) is 6.37. The summed E-state index contributed by atoms with van der Waals surface area (Å²) in [6, 6.07) is 12.7. The molecule has 0 amide bonds. The monoisotopic (exact) mass is 421 g/mol. The Morgan fingerprint density at radius 2 is 1.81 bits per heavy atom. The summed E-state index contributed by atoms with van der Waals surface area (Å²) >= 11 is 0. The van der Waals surface area contributed by atoms with Crippen LogP contribution in [0.2, 0.25) is 0 Å². The van der Waals surface area contributed by atoms with Crippen LogP contribution in [-0.2, 0) is 11.3 Å². The highest BCUT2D eigenvalue weighted by atomic mass is 16.5. The summed E-state index contributed by atoms with van der Waals surface area (Å²) in [6.45, 7) is 5.61. The topological polar surface area (TPSA) is 77.6 Å². The number of H-pyrrole nitrogens is 1. The highest BCUT2D eigenvalue weighted by Crippen LogP contribution is 2.26. The molecule has 2 aromatic carbocycles. The average Bonchev–Trinajstić information content (AvgIpc) is 2.79. The van der Waals surface area contributed by atoms with Gasteiger partial charge in [0.1, 0.15) is 18.1 Å². The molecular weight excluding hydrogens is 394 g/mol. The Morgan fingerprint density at radius 3 is 2.55 bits per heavy atom. The van der Waals surface area contributed by atoms with E-state index in [0.29, 0.717) is 46.2 Å². The maximum Gasteiger partial charge on any atom is 0.192 e. The summed E-state index contributed by atoms with van der Waals surface area (Å²) in [7, 11) is 0. The van der Waals surface area contributed by atoms with E-state index in [-0.39, 0.29) is 17.8 Å². The number of aromatic nitrogens is 1. The predicted molar refractivity (Wildman–Crippen MR) is 119 cm³/mol. The lowest BCUT2D eigenvalue weighted by molar-refractivity contribution is 0.0497. The molecule has 0 spiro atoms. The van der Waals surface area contributed by atoms with E-state index >= 15 is 0 Å². The Labute approximate surface area is 181 Å². The molecule has 4 rings (SSSR count). The standard InChI is InChI=1S/C25H27NO5/c1-16-24(26-23-6-4-3-5-22(23)25(16)28)15-31-21-12-19(17(2)27)11-20(13-21)30-14-18-7-9-29-10-8-18/h3-6,11-13,18H,7-10,14-15H2,1-2H3,(H,26,28). The summed E-state index contributed by atoms with van der Waals surface area (Å²) < 4.78 is 17.4. The lowest BCUT2D eigenvalue weighted by Gasteiger charge is -2.22. The molecule has 0 radical (unpaired) electrons. The van der Waals surface area contributed by atoms with Gasteiger partial charge in [0.05, 0.1) is 12.3 Å². The normalized spacial score (nSPS) is 14.5. The van der Waals surface area contributed by atoms with Crippen LogP contribution in [0.1, 0.15) is 41.4 Å². The lowest BCUT2D eigenvalue weighted by Crippen LogP contribution is -2.21. The van der Waals surface area contributed by atoms with Gasteiger partial charge in [0.25, 0.3) is 0 Å². The second-order valence-electron chi connectivity index (χ2n) is 8.01. The van der Waals surface area contributed by atoms with Crippen LogP contribution in [0.15, 0.2) is 47.3 Å². The number of ether oxygens (including phenoxy) is 3. The minimum atomic E-state index is -0.0586. The second-order valence-corrected chi connectivity index (χ2v) is 8.01. The summed E-state index contributed by atoms with van der Waals surface area (Å²) in [6.07, 6.45) is 1.95. The van der Waals surface area contributed by atoms with Gasteiger partial charge in [-0.3, -0.25) is 9.59 Å². The quantitative estimate of drug-likeness (QED) is 0.571. The van der Waals surface area contributed by atoms with Crippen molar-refractivity contribution in [3.05, 3.63) is 69.5 Å². The molecule has 1 saturated heterocycles. The van der Waals surface area contributed by atoms with Gasteiger partial charge in [-0.05, 0) is 56.9 Å². The Bertz CT molecular complexity index is 1140. The van der Waals surface area contributed by atoms with E-state index in [1.165, 1.54) is 6.92 Å². The van der Waals surface area contributed by atoms with Gasteiger partial charge >= 0.3 is 0 Å². The number of Topliss-reactive ketones (excluding diaryl/α,β-unsaturated/α-hetero) is 1. The van der Waals surface area contributed by atoms with Gasteiger partial charge in [-0.25, -0.2) is 0 Å². The zero-order chi connectivity index (χ0) is 21.8. The number of para-hydroxylation sites is 1. The number of aromatic amines is 1. The van der Waals surface area contributed by atoms with Crippen LogP contribution in [0.25, 0.3) is 10.9 Å². The Hall–Kier alpha value is -3.12. The van der Waals surface area contributed by atoms with Crippen LogP contribution in [-0.4, -0.2) is 30.6 Å². The first-order valence-electron chi connectivity index (χ1n) is 10.6. The van der Waals surface area contributed by atoms with Crippen molar-refractivity contribution in [1.82, 2.24) is 4.98 Å². The lowest BCUT2D eigenvalue weighted by atomic mass is 10.0. The van der Waals surface area contributed by atoms with Crippen molar-refractivity contribution in [2.45, 2.75) is 33.3 Å². The number of rotatable bonds is 7. The molecule has 162 valence electrons. The molecule has 31 heavy (non-hydrogen) atoms. The van der Waals surface area contributed by atoms with Crippen LogP contribution in [0.4, 0.5) is 0 Å². The number of carbonyl (C=O) groups excluding carboxylic acids is 1. The van der Waals surface area contributed by atoms with Gasteiger partial charge in [-0.15, -0.1) is 0 Å². The second kappa shape index (κ2) is 9.35. The molecule has 0 aliphatic carbocycles. The molecule has 0 saturated carbocycles. The van der Waals surface area contributed by atoms with Gasteiger partial charge in [-0.2, -0.15) is 0 Å². The Balaban J connectivity index is 1.53. The van der Waals surface area contributed by atoms with E-state index in [2.05, 4.69) is 4.98 Å². The molecule has 1 aliphatic heterocycles. The first-order valence-corrected chi connectivity index (χ1v) is 10.6. The van der Waals surface area contributed by atoms with Crippen molar-refractivity contribution in [2.24, 2.45) is 5.92 Å². The summed E-state index contributed by atoms with van der Waals surface area (Å²) in [5, 5.41) is 0.658. The molecule has 1 aliphatic rings. The van der Waals surface area contributed by atoms with E-state index < -0.39 is 0 Å². The third-order valence-corrected chi connectivity index (χ3v) is 5.75. The Morgan fingerprint density at radius 1 is 1.10 bits per heavy atom. The number of hydrogen-bond donors (Lipinski definition) is 1. The van der Waals surface area contributed by atoms with E-state index in [4.69, 9.17) is 14.2 Å². The third-order valence-electron chi connectivity index (χ3n) is 5.75. The first-order chi connectivity index (χ1) is 15.0. The summed E-state index contributed by atoms with van der Waals surface area (Å²) in [4.78, 5) is 27.9. The number of pyridine rings is 1. The minimum absolute atomic E-state index is 0.00841.